The van der Waals surface area contributed by atoms with Crippen molar-refractivity contribution in [2.24, 2.45) is 5.73 Å². The van der Waals surface area contributed by atoms with Crippen LogP contribution in [0.4, 0.5) is 9.59 Å². The lowest BCUT2D eigenvalue weighted by atomic mass is 10.1. The maximum atomic E-state index is 11.7. The summed E-state index contributed by atoms with van der Waals surface area (Å²) in [5, 5.41) is 16.5. The Labute approximate surface area is 151 Å². The predicted molar refractivity (Wildman–Crippen MR) is 94.4 cm³/mol. The second kappa shape index (κ2) is 11.5. The van der Waals surface area contributed by atoms with Crippen molar-refractivity contribution in [1.82, 2.24) is 16.0 Å². The minimum atomic E-state index is -1.14. The van der Waals surface area contributed by atoms with Gasteiger partial charge in [0.15, 0.2) is 0 Å². The maximum Gasteiger partial charge on any atom is 0.326 e. The van der Waals surface area contributed by atoms with Crippen molar-refractivity contribution < 1.29 is 24.3 Å². The van der Waals surface area contributed by atoms with Crippen LogP contribution in [-0.2, 0) is 22.6 Å². The van der Waals surface area contributed by atoms with Crippen molar-refractivity contribution in [2.75, 3.05) is 6.54 Å². The minimum absolute atomic E-state index is 0.231. The SMILES string of the molecule is NC(=O)NC(CCCCNC(=O)NCc1ccc(CC=O)cc1)C(=O)O. The van der Waals surface area contributed by atoms with E-state index in [1.807, 2.05) is 24.3 Å². The van der Waals surface area contributed by atoms with Gasteiger partial charge in [0.2, 0.25) is 0 Å². The number of carboxylic acid groups (broad SMARTS) is 1. The molecule has 6 N–H and O–H groups in total. The zero-order valence-electron chi connectivity index (χ0n) is 14.4. The van der Waals surface area contributed by atoms with Crippen molar-refractivity contribution in [3.63, 3.8) is 0 Å². The second-order valence-electron chi connectivity index (χ2n) is 5.69. The third-order valence-corrected chi connectivity index (χ3v) is 3.61. The van der Waals surface area contributed by atoms with E-state index in [-0.39, 0.29) is 12.5 Å². The van der Waals surface area contributed by atoms with E-state index in [1.165, 1.54) is 0 Å². The van der Waals surface area contributed by atoms with Gasteiger partial charge >= 0.3 is 18.0 Å². The summed E-state index contributed by atoms with van der Waals surface area (Å²) in [6.45, 7) is 0.740. The molecule has 1 atom stereocenters. The van der Waals surface area contributed by atoms with Gasteiger partial charge in [-0.3, -0.25) is 0 Å². The van der Waals surface area contributed by atoms with Crippen LogP contribution in [0.5, 0.6) is 0 Å². The molecule has 142 valence electrons. The Morgan fingerprint density at radius 1 is 1.08 bits per heavy atom. The average Bonchev–Trinajstić information content (AvgIpc) is 2.59. The fourth-order valence-corrected chi connectivity index (χ4v) is 2.24. The number of urea groups is 2. The van der Waals surface area contributed by atoms with Crippen molar-refractivity contribution in [3.8, 4) is 0 Å². The first-order chi connectivity index (χ1) is 12.4. The largest absolute Gasteiger partial charge is 0.480 e. The van der Waals surface area contributed by atoms with Gasteiger partial charge in [-0.1, -0.05) is 24.3 Å². The predicted octanol–water partition coefficient (Wildman–Crippen LogP) is 0.519. The summed E-state index contributed by atoms with van der Waals surface area (Å²) >= 11 is 0. The van der Waals surface area contributed by atoms with Crippen LogP contribution >= 0.6 is 0 Å². The van der Waals surface area contributed by atoms with Gasteiger partial charge < -0.3 is 31.6 Å². The van der Waals surface area contributed by atoms with Gasteiger partial charge in [-0.05, 0) is 30.4 Å². The highest BCUT2D eigenvalue weighted by molar-refractivity contribution is 5.81. The molecule has 1 aromatic carbocycles. The standard InChI is InChI=1S/C17H24N4O5/c18-16(25)21-14(15(23)24)3-1-2-9-19-17(26)20-11-13-6-4-12(5-7-13)8-10-22/h4-7,10,14H,1-3,8-9,11H2,(H,23,24)(H3,18,21,25)(H2,19,20,26). The number of carbonyl (C=O) groups excluding carboxylic acids is 3. The number of amides is 4. The molecule has 0 aliphatic carbocycles. The monoisotopic (exact) mass is 364 g/mol. The Balaban J connectivity index is 2.19. The Kier molecular flexibility index (Phi) is 9.23. The molecule has 0 aliphatic heterocycles. The number of carboxylic acids is 1. The van der Waals surface area contributed by atoms with Crippen LogP contribution < -0.4 is 21.7 Å². The Morgan fingerprint density at radius 2 is 1.73 bits per heavy atom. The van der Waals surface area contributed by atoms with Gasteiger partial charge in [-0.15, -0.1) is 0 Å². The van der Waals surface area contributed by atoms with E-state index in [0.717, 1.165) is 17.4 Å². The van der Waals surface area contributed by atoms with E-state index in [0.29, 0.717) is 32.4 Å². The summed E-state index contributed by atoms with van der Waals surface area (Å²) in [6.07, 6.45) is 2.51. The summed E-state index contributed by atoms with van der Waals surface area (Å²) in [6, 6.07) is 5.13. The molecule has 0 radical (unpaired) electrons. The van der Waals surface area contributed by atoms with Crippen LogP contribution in [0.25, 0.3) is 0 Å². The van der Waals surface area contributed by atoms with E-state index < -0.39 is 18.0 Å². The van der Waals surface area contributed by atoms with Crippen LogP contribution in [0.3, 0.4) is 0 Å². The number of hydrogen-bond acceptors (Lipinski definition) is 4. The minimum Gasteiger partial charge on any atom is -0.480 e. The third-order valence-electron chi connectivity index (χ3n) is 3.61. The van der Waals surface area contributed by atoms with E-state index in [1.54, 1.807) is 0 Å². The summed E-state index contributed by atoms with van der Waals surface area (Å²) in [5.41, 5.74) is 6.74. The number of benzene rings is 1. The van der Waals surface area contributed by atoms with E-state index in [9.17, 15) is 19.2 Å². The van der Waals surface area contributed by atoms with Gasteiger partial charge in [0, 0.05) is 19.5 Å². The Hall–Kier alpha value is -3.10. The number of rotatable bonds is 11. The molecule has 1 rings (SSSR count). The highest BCUT2D eigenvalue weighted by Gasteiger charge is 2.17. The fraction of sp³-hybridized carbons (Fsp3) is 0.412. The number of unbranched alkanes of at least 4 members (excludes halogenated alkanes) is 1. The molecule has 9 heteroatoms. The smallest absolute Gasteiger partial charge is 0.326 e. The van der Waals surface area contributed by atoms with Crippen LogP contribution in [0.15, 0.2) is 24.3 Å². The number of primary amides is 1. The molecule has 0 saturated carbocycles. The third kappa shape index (κ3) is 8.67. The molecule has 1 unspecified atom stereocenters. The van der Waals surface area contributed by atoms with Crippen LogP contribution in [-0.4, -0.2) is 42.0 Å². The first-order valence-electron chi connectivity index (χ1n) is 8.24. The second-order valence-corrected chi connectivity index (χ2v) is 5.69. The molecule has 0 heterocycles. The van der Waals surface area contributed by atoms with Crippen LogP contribution in [0.2, 0.25) is 0 Å². The Bertz CT molecular complexity index is 618. The number of aliphatic carboxylic acids is 1. The molecule has 0 fully saturated rings. The Morgan fingerprint density at radius 3 is 2.31 bits per heavy atom. The molecule has 0 saturated heterocycles. The van der Waals surface area contributed by atoms with Crippen molar-refractivity contribution in [3.05, 3.63) is 35.4 Å². The molecule has 0 aromatic heterocycles. The molecular formula is C17H24N4O5. The highest BCUT2D eigenvalue weighted by atomic mass is 16.4. The van der Waals surface area contributed by atoms with Gasteiger partial charge in [0.05, 0.1) is 0 Å². The maximum absolute atomic E-state index is 11.7. The molecule has 26 heavy (non-hydrogen) atoms. The van der Waals surface area contributed by atoms with Gasteiger partial charge in [-0.2, -0.15) is 0 Å². The molecule has 9 nitrogen and oxygen atoms in total. The molecule has 0 aliphatic rings. The van der Waals surface area contributed by atoms with Gasteiger partial charge in [-0.25, -0.2) is 14.4 Å². The zero-order chi connectivity index (χ0) is 19.4. The molecule has 1 aromatic rings. The number of hydrogen-bond donors (Lipinski definition) is 5. The number of nitrogens with two attached hydrogens (primary N) is 1. The normalized spacial score (nSPS) is 11.2. The van der Waals surface area contributed by atoms with Gasteiger partial charge in [0.25, 0.3) is 0 Å². The first kappa shape index (κ1) is 20.9. The lowest BCUT2D eigenvalue weighted by Crippen LogP contribution is -2.43. The number of carbonyl (C=O) groups is 4. The molecule has 4 amide bonds. The summed E-state index contributed by atoms with van der Waals surface area (Å²) < 4.78 is 0. The van der Waals surface area contributed by atoms with E-state index >= 15 is 0 Å². The highest BCUT2D eigenvalue weighted by Crippen LogP contribution is 2.04. The summed E-state index contributed by atoms with van der Waals surface area (Å²) in [7, 11) is 0. The zero-order valence-corrected chi connectivity index (χ0v) is 14.4. The van der Waals surface area contributed by atoms with E-state index in [4.69, 9.17) is 10.8 Å². The van der Waals surface area contributed by atoms with Crippen molar-refractivity contribution >= 4 is 24.3 Å². The van der Waals surface area contributed by atoms with E-state index in [2.05, 4.69) is 16.0 Å². The number of aldehydes is 1. The van der Waals surface area contributed by atoms with Crippen LogP contribution in [0, 0.1) is 0 Å². The molecule has 0 bridgehead atoms. The average molecular weight is 364 g/mol. The quantitative estimate of drug-likeness (QED) is 0.286. The van der Waals surface area contributed by atoms with Crippen LogP contribution in [0.1, 0.15) is 30.4 Å². The number of nitrogens with one attached hydrogen (secondary N) is 3. The van der Waals surface area contributed by atoms with Crippen molar-refractivity contribution in [1.29, 1.82) is 0 Å². The first-order valence-corrected chi connectivity index (χ1v) is 8.24. The molecule has 0 spiro atoms. The summed E-state index contributed by atoms with van der Waals surface area (Å²) in [5.74, 6) is -1.14. The molecular weight excluding hydrogens is 340 g/mol. The lowest BCUT2D eigenvalue weighted by Gasteiger charge is -2.12. The fourth-order valence-electron chi connectivity index (χ4n) is 2.24. The van der Waals surface area contributed by atoms with Gasteiger partial charge in [0.1, 0.15) is 12.3 Å². The summed E-state index contributed by atoms with van der Waals surface area (Å²) in [4.78, 5) is 43.7. The lowest BCUT2D eigenvalue weighted by molar-refractivity contribution is -0.139. The van der Waals surface area contributed by atoms with Crippen molar-refractivity contribution in [2.45, 2.75) is 38.3 Å². The topological polar surface area (TPSA) is 151 Å².